The molecule has 2 aromatic carbocycles. The number of aromatic amines is 1. The first kappa shape index (κ1) is 18.3. The standard InChI is InChI=1S/C22H21N3O2S/c26-21-7-2-1-5-18(21)22(27)23-11-4-3-6-19-17-9-8-15(13-20(17)25-24-19)16-10-12-28-14-16/h1-2,5,7-10,12-14,26H,3-4,6,11H2,(H,23,27)(H,24,25). The van der Waals surface area contributed by atoms with Crippen molar-refractivity contribution in [2.75, 3.05) is 6.54 Å². The summed E-state index contributed by atoms with van der Waals surface area (Å²) in [4.78, 5) is 12.1. The molecule has 142 valence electrons. The summed E-state index contributed by atoms with van der Waals surface area (Å²) in [6, 6.07) is 15.1. The van der Waals surface area contributed by atoms with Gasteiger partial charge in [-0.15, -0.1) is 0 Å². The Morgan fingerprint density at radius 2 is 2.00 bits per heavy atom. The normalized spacial score (nSPS) is 11.0. The summed E-state index contributed by atoms with van der Waals surface area (Å²) in [5, 5.41) is 25.5. The predicted molar refractivity (Wildman–Crippen MR) is 113 cm³/mol. The van der Waals surface area contributed by atoms with Crippen molar-refractivity contribution >= 4 is 28.1 Å². The van der Waals surface area contributed by atoms with E-state index in [0.717, 1.165) is 35.9 Å². The fourth-order valence-electron chi connectivity index (χ4n) is 3.26. The summed E-state index contributed by atoms with van der Waals surface area (Å²) in [6.07, 6.45) is 2.62. The second-order valence-corrected chi connectivity index (χ2v) is 7.45. The van der Waals surface area contributed by atoms with E-state index in [9.17, 15) is 9.90 Å². The molecule has 2 aromatic heterocycles. The summed E-state index contributed by atoms with van der Waals surface area (Å²) in [7, 11) is 0. The maximum Gasteiger partial charge on any atom is 0.255 e. The molecular weight excluding hydrogens is 370 g/mol. The number of unbranched alkanes of at least 4 members (excludes halogenated alkanes) is 1. The molecular formula is C22H21N3O2S. The molecule has 3 N–H and O–H groups in total. The summed E-state index contributed by atoms with van der Waals surface area (Å²) in [5.41, 5.74) is 4.83. The zero-order valence-electron chi connectivity index (χ0n) is 15.3. The molecule has 1 amide bonds. The first-order chi connectivity index (χ1) is 13.7. The molecule has 0 radical (unpaired) electrons. The Labute approximate surface area is 167 Å². The molecule has 0 atom stereocenters. The monoisotopic (exact) mass is 391 g/mol. The highest BCUT2D eigenvalue weighted by Gasteiger charge is 2.10. The van der Waals surface area contributed by atoms with E-state index in [4.69, 9.17) is 0 Å². The first-order valence-electron chi connectivity index (χ1n) is 9.28. The van der Waals surface area contributed by atoms with Crippen LogP contribution < -0.4 is 5.32 Å². The van der Waals surface area contributed by atoms with Gasteiger partial charge in [-0.25, -0.2) is 0 Å². The number of thiophene rings is 1. The molecule has 0 bridgehead atoms. The number of phenolic OH excluding ortho intramolecular Hbond substituents is 1. The van der Waals surface area contributed by atoms with E-state index in [1.807, 2.05) is 0 Å². The molecule has 0 saturated carbocycles. The van der Waals surface area contributed by atoms with Crippen molar-refractivity contribution in [2.24, 2.45) is 0 Å². The van der Waals surface area contributed by atoms with Crippen LogP contribution in [0.5, 0.6) is 5.75 Å². The Kier molecular flexibility index (Phi) is 5.39. The number of aromatic hydroxyl groups is 1. The molecule has 4 rings (SSSR count). The number of hydrogen-bond acceptors (Lipinski definition) is 4. The van der Waals surface area contributed by atoms with Crippen molar-refractivity contribution in [3.05, 3.63) is 70.5 Å². The van der Waals surface area contributed by atoms with Crippen LogP contribution in [0.15, 0.2) is 59.3 Å². The largest absolute Gasteiger partial charge is 0.507 e. The van der Waals surface area contributed by atoms with E-state index in [-0.39, 0.29) is 11.7 Å². The first-order valence-corrected chi connectivity index (χ1v) is 10.2. The minimum absolute atomic E-state index is 0.00446. The number of benzene rings is 2. The fourth-order valence-corrected chi connectivity index (χ4v) is 3.92. The van der Waals surface area contributed by atoms with Gasteiger partial charge in [0.25, 0.3) is 5.91 Å². The van der Waals surface area contributed by atoms with Gasteiger partial charge in [0.15, 0.2) is 0 Å². The van der Waals surface area contributed by atoms with Crippen molar-refractivity contribution < 1.29 is 9.90 Å². The number of phenols is 1. The Balaban J connectivity index is 1.30. The highest BCUT2D eigenvalue weighted by atomic mass is 32.1. The van der Waals surface area contributed by atoms with Gasteiger partial charge in [0, 0.05) is 11.9 Å². The highest BCUT2D eigenvalue weighted by molar-refractivity contribution is 7.08. The van der Waals surface area contributed by atoms with E-state index in [1.165, 1.54) is 17.2 Å². The highest BCUT2D eigenvalue weighted by Crippen LogP contribution is 2.27. The van der Waals surface area contributed by atoms with Gasteiger partial charge in [0.1, 0.15) is 5.75 Å². The smallest absolute Gasteiger partial charge is 0.255 e. The van der Waals surface area contributed by atoms with Gasteiger partial charge in [-0.3, -0.25) is 9.89 Å². The molecule has 2 heterocycles. The molecule has 5 nitrogen and oxygen atoms in total. The van der Waals surface area contributed by atoms with Gasteiger partial charge in [0.05, 0.1) is 16.8 Å². The van der Waals surface area contributed by atoms with Gasteiger partial charge >= 0.3 is 0 Å². The Bertz CT molecular complexity index is 1090. The SMILES string of the molecule is O=C(NCCCCc1n[nH]c2cc(-c3ccsc3)ccc12)c1ccccc1O. The van der Waals surface area contributed by atoms with Gasteiger partial charge in [-0.1, -0.05) is 24.3 Å². The van der Waals surface area contributed by atoms with Crippen molar-refractivity contribution in [1.29, 1.82) is 0 Å². The van der Waals surface area contributed by atoms with Crippen LogP contribution >= 0.6 is 11.3 Å². The third-order valence-corrected chi connectivity index (χ3v) is 5.45. The Morgan fingerprint density at radius 3 is 2.82 bits per heavy atom. The summed E-state index contributed by atoms with van der Waals surface area (Å²) >= 11 is 1.69. The zero-order chi connectivity index (χ0) is 19.3. The number of nitrogens with one attached hydrogen (secondary N) is 2. The number of fused-ring (bicyclic) bond motifs is 1. The van der Waals surface area contributed by atoms with Crippen molar-refractivity contribution in [3.63, 3.8) is 0 Å². The van der Waals surface area contributed by atoms with Crippen molar-refractivity contribution in [2.45, 2.75) is 19.3 Å². The molecule has 0 fully saturated rings. The molecule has 0 aliphatic carbocycles. The van der Waals surface area contributed by atoms with Gasteiger partial charge < -0.3 is 10.4 Å². The number of carbonyl (C=O) groups is 1. The van der Waals surface area contributed by atoms with Crippen LogP contribution in [0.1, 0.15) is 28.9 Å². The minimum atomic E-state index is -0.246. The lowest BCUT2D eigenvalue weighted by molar-refractivity contribution is 0.0950. The average Bonchev–Trinajstić information content (AvgIpc) is 3.38. The van der Waals surface area contributed by atoms with E-state index < -0.39 is 0 Å². The van der Waals surface area contributed by atoms with Gasteiger partial charge in [-0.2, -0.15) is 16.4 Å². The van der Waals surface area contributed by atoms with Crippen molar-refractivity contribution in [3.8, 4) is 16.9 Å². The summed E-state index contributed by atoms with van der Waals surface area (Å²) in [6.45, 7) is 0.567. The van der Waals surface area contributed by atoms with Gasteiger partial charge in [-0.05, 0) is 65.4 Å². The fraction of sp³-hybridized carbons (Fsp3) is 0.182. The van der Waals surface area contributed by atoms with Crippen LogP contribution in [0.2, 0.25) is 0 Å². The maximum absolute atomic E-state index is 12.1. The van der Waals surface area contributed by atoms with E-state index in [0.29, 0.717) is 12.1 Å². The molecule has 6 heteroatoms. The molecule has 4 aromatic rings. The molecule has 0 aliphatic rings. The van der Waals surface area contributed by atoms with E-state index >= 15 is 0 Å². The zero-order valence-corrected chi connectivity index (χ0v) is 16.1. The van der Waals surface area contributed by atoms with Crippen LogP contribution in [0.4, 0.5) is 0 Å². The number of para-hydroxylation sites is 1. The third-order valence-electron chi connectivity index (χ3n) is 4.77. The molecule has 0 spiro atoms. The molecule has 0 saturated heterocycles. The van der Waals surface area contributed by atoms with Gasteiger partial charge in [0.2, 0.25) is 0 Å². The number of aromatic nitrogens is 2. The van der Waals surface area contributed by atoms with Crippen LogP contribution in [0.3, 0.4) is 0 Å². The Morgan fingerprint density at radius 1 is 1.11 bits per heavy atom. The lowest BCUT2D eigenvalue weighted by Crippen LogP contribution is -2.24. The van der Waals surface area contributed by atoms with Crippen molar-refractivity contribution in [1.82, 2.24) is 15.5 Å². The van der Waals surface area contributed by atoms with Crippen LogP contribution in [0, 0.1) is 0 Å². The predicted octanol–water partition coefficient (Wildman–Crippen LogP) is 4.75. The second kappa shape index (κ2) is 8.27. The van der Waals surface area contributed by atoms with Crippen LogP contribution in [-0.2, 0) is 6.42 Å². The van der Waals surface area contributed by atoms with Crippen LogP contribution in [0.25, 0.3) is 22.0 Å². The number of carbonyl (C=O) groups excluding carboxylic acids is 1. The number of H-pyrrole nitrogens is 1. The second-order valence-electron chi connectivity index (χ2n) is 6.67. The quantitative estimate of drug-likeness (QED) is 0.398. The van der Waals surface area contributed by atoms with E-state index in [2.05, 4.69) is 50.5 Å². The topological polar surface area (TPSA) is 78.0 Å². The Hall–Kier alpha value is -3.12. The number of hydrogen-bond donors (Lipinski definition) is 3. The number of rotatable bonds is 7. The molecule has 0 unspecified atom stereocenters. The number of amides is 1. The summed E-state index contributed by atoms with van der Waals surface area (Å²) in [5.74, 6) is -0.242. The maximum atomic E-state index is 12.1. The number of aryl methyl sites for hydroxylation is 1. The van der Waals surface area contributed by atoms with Crippen LogP contribution in [-0.4, -0.2) is 27.8 Å². The minimum Gasteiger partial charge on any atom is -0.507 e. The summed E-state index contributed by atoms with van der Waals surface area (Å²) < 4.78 is 0. The lowest BCUT2D eigenvalue weighted by atomic mass is 10.0. The van der Waals surface area contributed by atoms with E-state index in [1.54, 1.807) is 29.5 Å². The lowest BCUT2D eigenvalue weighted by Gasteiger charge is -2.06. The third kappa shape index (κ3) is 3.92. The molecule has 0 aliphatic heterocycles. The number of nitrogens with zero attached hydrogens (tertiary/aromatic N) is 1. The molecule has 28 heavy (non-hydrogen) atoms. The average molecular weight is 391 g/mol.